The predicted octanol–water partition coefficient (Wildman–Crippen LogP) is 1.90. The predicted molar refractivity (Wildman–Crippen MR) is 76.6 cm³/mol. The van der Waals surface area contributed by atoms with Crippen LogP contribution in [0.25, 0.3) is 0 Å². The van der Waals surface area contributed by atoms with Crippen molar-refractivity contribution in [2.75, 3.05) is 33.9 Å². The number of rotatable bonds is 4. The van der Waals surface area contributed by atoms with Gasteiger partial charge < -0.3 is 14.4 Å². The zero-order chi connectivity index (χ0) is 13.8. The molecule has 1 aliphatic rings. The number of halogens is 1. The molecule has 0 spiro atoms. The van der Waals surface area contributed by atoms with Crippen molar-refractivity contribution in [1.29, 1.82) is 0 Å². The van der Waals surface area contributed by atoms with E-state index in [1.807, 2.05) is 25.2 Å². The van der Waals surface area contributed by atoms with E-state index >= 15 is 0 Å². The summed E-state index contributed by atoms with van der Waals surface area (Å²) in [5.41, 5.74) is 0.932. The number of ketones is 1. The molecular weight excluding hydrogens is 310 g/mol. The maximum Gasteiger partial charge on any atom is 0.167 e. The summed E-state index contributed by atoms with van der Waals surface area (Å²) in [6.45, 7) is 2.17. The van der Waals surface area contributed by atoms with E-state index in [0.717, 1.165) is 22.3 Å². The number of likely N-dealkylation sites (N-methyl/N-ethyl adjacent to an activating group) is 1. The summed E-state index contributed by atoms with van der Waals surface area (Å²) in [6, 6.07) is 5.65. The summed E-state index contributed by atoms with van der Waals surface area (Å²) >= 11 is 3.46. The third kappa shape index (κ3) is 3.78. The fourth-order valence-corrected chi connectivity index (χ4v) is 2.47. The molecule has 0 aliphatic carbocycles. The molecule has 1 aromatic carbocycles. The third-order valence-corrected chi connectivity index (χ3v) is 4.02. The Hall–Kier alpha value is -0.910. The van der Waals surface area contributed by atoms with Gasteiger partial charge >= 0.3 is 0 Å². The number of morpholine rings is 1. The van der Waals surface area contributed by atoms with Gasteiger partial charge in [-0.2, -0.15) is 0 Å². The number of hydrogen-bond donors (Lipinski definition) is 0. The van der Waals surface area contributed by atoms with Crippen molar-refractivity contribution >= 4 is 21.7 Å². The lowest BCUT2D eigenvalue weighted by atomic mass is 10.0. The van der Waals surface area contributed by atoms with Crippen molar-refractivity contribution < 1.29 is 14.3 Å². The summed E-state index contributed by atoms with van der Waals surface area (Å²) in [5.74, 6) is 0.869. The second-order valence-corrected chi connectivity index (χ2v) is 5.58. The molecule has 1 unspecified atom stereocenters. The van der Waals surface area contributed by atoms with Gasteiger partial charge in [-0.15, -0.1) is 0 Å². The molecule has 1 heterocycles. The van der Waals surface area contributed by atoms with Crippen LogP contribution in [0.4, 0.5) is 0 Å². The van der Waals surface area contributed by atoms with Crippen LogP contribution >= 0.6 is 15.9 Å². The first-order valence-corrected chi connectivity index (χ1v) is 7.04. The molecular formula is C14H18BrNO3. The van der Waals surface area contributed by atoms with Crippen LogP contribution in [0.3, 0.4) is 0 Å². The lowest BCUT2D eigenvalue weighted by Crippen LogP contribution is -2.44. The van der Waals surface area contributed by atoms with E-state index in [9.17, 15) is 4.79 Å². The molecule has 0 bridgehead atoms. The fraction of sp³-hybridized carbons (Fsp3) is 0.500. The van der Waals surface area contributed by atoms with Crippen LogP contribution in [0, 0.1) is 0 Å². The van der Waals surface area contributed by atoms with E-state index in [-0.39, 0.29) is 11.9 Å². The minimum Gasteiger partial charge on any atom is -0.497 e. The summed E-state index contributed by atoms with van der Waals surface area (Å²) < 4.78 is 11.6. The number of carbonyl (C=O) groups is 1. The number of nitrogens with zero attached hydrogens (tertiary/aromatic N) is 1. The Balaban J connectivity index is 2.05. The molecule has 1 aliphatic heterocycles. The first kappa shape index (κ1) is 14.5. The topological polar surface area (TPSA) is 38.8 Å². The van der Waals surface area contributed by atoms with Crippen LogP contribution in [0.15, 0.2) is 22.7 Å². The minimum absolute atomic E-state index is 0.112. The van der Waals surface area contributed by atoms with Gasteiger partial charge in [-0.25, -0.2) is 0 Å². The average molecular weight is 328 g/mol. The molecule has 19 heavy (non-hydrogen) atoms. The molecule has 5 heteroatoms. The summed E-state index contributed by atoms with van der Waals surface area (Å²) in [5, 5.41) is 0. The highest BCUT2D eigenvalue weighted by molar-refractivity contribution is 9.10. The number of Topliss-reactive ketones (excluding diaryl/α,β-unsaturated/α-hetero) is 1. The Morgan fingerprint density at radius 3 is 3.05 bits per heavy atom. The van der Waals surface area contributed by atoms with Gasteiger partial charge in [0.1, 0.15) is 11.9 Å². The van der Waals surface area contributed by atoms with Gasteiger partial charge in [0.2, 0.25) is 0 Å². The zero-order valence-corrected chi connectivity index (χ0v) is 12.8. The van der Waals surface area contributed by atoms with Crippen molar-refractivity contribution in [2.45, 2.75) is 12.5 Å². The molecule has 104 valence electrons. The van der Waals surface area contributed by atoms with Gasteiger partial charge in [0.05, 0.1) is 13.7 Å². The van der Waals surface area contributed by atoms with Gasteiger partial charge in [0, 0.05) is 24.0 Å². The number of methoxy groups -OCH3 is 1. The molecule has 1 fully saturated rings. The molecule has 0 amide bonds. The first-order valence-electron chi connectivity index (χ1n) is 6.25. The molecule has 0 saturated carbocycles. The Labute approximate surface area is 121 Å². The number of hydrogen-bond acceptors (Lipinski definition) is 4. The van der Waals surface area contributed by atoms with Gasteiger partial charge in [-0.1, -0.05) is 15.9 Å². The van der Waals surface area contributed by atoms with Gasteiger partial charge in [-0.05, 0) is 30.8 Å². The molecule has 0 N–H and O–H groups in total. The maximum atomic E-state index is 12.3. The van der Waals surface area contributed by atoms with E-state index in [0.29, 0.717) is 19.6 Å². The van der Waals surface area contributed by atoms with Gasteiger partial charge in [-0.3, -0.25) is 4.79 Å². The van der Waals surface area contributed by atoms with Crippen LogP contribution in [0.1, 0.15) is 5.56 Å². The first-order chi connectivity index (χ1) is 9.10. The van der Waals surface area contributed by atoms with E-state index in [4.69, 9.17) is 9.47 Å². The monoisotopic (exact) mass is 327 g/mol. The van der Waals surface area contributed by atoms with Gasteiger partial charge in [0.25, 0.3) is 0 Å². The lowest BCUT2D eigenvalue weighted by Gasteiger charge is -2.29. The Morgan fingerprint density at radius 1 is 1.58 bits per heavy atom. The molecule has 1 saturated heterocycles. The van der Waals surface area contributed by atoms with Crippen LogP contribution in [0.5, 0.6) is 5.75 Å². The van der Waals surface area contributed by atoms with E-state index in [2.05, 4.69) is 20.8 Å². The van der Waals surface area contributed by atoms with Gasteiger partial charge in [0.15, 0.2) is 5.78 Å². The fourth-order valence-electron chi connectivity index (χ4n) is 2.09. The molecule has 4 nitrogen and oxygen atoms in total. The van der Waals surface area contributed by atoms with Crippen LogP contribution in [-0.4, -0.2) is 50.6 Å². The van der Waals surface area contributed by atoms with Crippen LogP contribution in [-0.2, 0) is 16.0 Å². The summed E-state index contributed by atoms with van der Waals surface area (Å²) in [6.07, 6.45) is 0.0351. The highest BCUT2D eigenvalue weighted by Gasteiger charge is 2.25. The van der Waals surface area contributed by atoms with Crippen molar-refractivity contribution in [2.24, 2.45) is 0 Å². The van der Waals surface area contributed by atoms with E-state index in [1.54, 1.807) is 7.11 Å². The number of ether oxygens (including phenoxy) is 2. The number of benzene rings is 1. The average Bonchev–Trinajstić information content (AvgIpc) is 2.41. The highest BCUT2D eigenvalue weighted by Crippen LogP contribution is 2.23. The molecule has 2 rings (SSSR count). The zero-order valence-electron chi connectivity index (χ0n) is 11.2. The Bertz CT molecular complexity index is 464. The maximum absolute atomic E-state index is 12.3. The smallest absolute Gasteiger partial charge is 0.167 e. The van der Waals surface area contributed by atoms with Crippen molar-refractivity contribution in [1.82, 2.24) is 4.90 Å². The Morgan fingerprint density at radius 2 is 2.37 bits per heavy atom. The molecule has 1 atom stereocenters. The lowest BCUT2D eigenvalue weighted by molar-refractivity contribution is -0.134. The number of carbonyl (C=O) groups excluding carboxylic acids is 1. The van der Waals surface area contributed by atoms with E-state index < -0.39 is 0 Å². The SMILES string of the molecule is COc1ccc(Br)c(CC(=O)C2CN(C)CCO2)c1. The second-order valence-electron chi connectivity index (χ2n) is 4.72. The normalized spacial score (nSPS) is 20.3. The quantitative estimate of drug-likeness (QED) is 0.846. The van der Waals surface area contributed by atoms with Crippen molar-refractivity contribution in [3.05, 3.63) is 28.2 Å². The summed E-state index contributed by atoms with van der Waals surface area (Å²) in [7, 11) is 3.62. The molecule has 1 aromatic rings. The third-order valence-electron chi connectivity index (χ3n) is 3.25. The molecule has 0 radical (unpaired) electrons. The molecule has 0 aromatic heterocycles. The van der Waals surface area contributed by atoms with Crippen molar-refractivity contribution in [3.8, 4) is 5.75 Å². The second kappa shape index (κ2) is 6.50. The van der Waals surface area contributed by atoms with Crippen LogP contribution < -0.4 is 4.74 Å². The highest BCUT2D eigenvalue weighted by atomic mass is 79.9. The summed E-state index contributed by atoms with van der Waals surface area (Å²) in [4.78, 5) is 14.4. The Kier molecular flexibility index (Phi) is 4.96. The van der Waals surface area contributed by atoms with E-state index in [1.165, 1.54) is 0 Å². The van der Waals surface area contributed by atoms with Crippen LogP contribution in [0.2, 0.25) is 0 Å². The standard InChI is InChI=1S/C14H18BrNO3/c1-16-5-6-19-14(9-16)13(17)8-10-7-11(18-2)3-4-12(10)15/h3-4,7,14H,5-6,8-9H2,1-2H3. The largest absolute Gasteiger partial charge is 0.497 e. The minimum atomic E-state index is -0.322. The van der Waals surface area contributed by atoms with Crippen molar-refractivity contribution in [3.63, 3.8) is 0 Å².